The van der Waals surface area contributed by atoms with E-state index >= 15 is 0 Å². The Morgan fingerprint density at radius 3 is 2.68 bits per heavy atom. The smallest absolute Gasteiger partial charge is 0.290 e. The number of hydrogen-bond donors (Lipinski definition) is 2. The summed E-state index contributed by atoms with van der Waals surface area (Å²) < 4.78 is 20.6. The fraction of sp³-hybridized carbons (Fsp3) is 0.412. The summed E-state index contributed by atoms with van der Waals surface area (Å²) in [5, 5.41) is 17.0. The van der Waals surface area contributed by atoms with Crippen LogP contribution >= 0.6 is 11.6 Å². The number of carboxylic acid groups (broad SMARTS) is 1. The molecule has 1 aromatic carbocycles. The van der Waals surface area contributed by atoms with E-state index in [0.29, 0.717) is 36.2 Å². The highest BCUT2D eigenvalue weighted by Gasteiger charge is 2.33. The van der Waals surface area contributed by atoms with E-state index < -0.39 is 0 Å². The second-order valence-corrected chi connectivity index (χ2v) is 6.29. The Labute approximate surface area is 149 Å². The van der Waals surface area contributed by atoms with E-state index in [0.717, 1.165) is 12.8 Å². The standard InChI is InChI=1S/C16H18ClFN2O2.CH2O2/c17-14-9-12(18)1-2-13(14)15-19-5-6-20(15)10-16(11-21)3-7-22-8-4-16;2-1-3/h1-2,5-6,9,21H,3-4,7-8,10-11H2;1H,(H,2,3). The molecule has 0 amide bonds. The Bertz CT molecular complexity index is 702. The molecule has 136 valence electrons. The third-order valence-electron chi connectivity index (χ3n) is 4.28. The third kappa shape index (κ3) is 4.78. The molecular weight excluding hydrogens is 351 g/mol. The van der Waals surface area contributed by atoms with Crippen LogP contribution in [-0.2, 0) is 16.1 Å². The number of ether oxygens (including phenoxy) is 1. The van der Waals surface area contributed by atoms with Crippen molar-refractivity contribution in [1.29, 1.82) is 0 Å². The van der Waals surface area contributed by atoms with Crippen LogP contribution < -0.4 is 0 Å². The van der Waals surface area contributed by atoms with E-state index in [1.54, 1.807) is 12.3 Å². The second-order valence-electron chi connectivity index (χ2n) is 5.88. The van der Waals surface area contributed by atoms with E-state index in [-0.39, 0.29) is 24.3 Å². The average molecular weight is 371 g/mol. The highest BCUT2D eigenvalue weighted by Crippen LogP contribution is 2.34. The van der Waals surface area contributed by atoms with Gasteiger partial charge in [-0.05, 0) is 31.0 Å². The van der Waals surface area contributed by atoms with E-state index in [2.05, 4.69) is 4.98 Å². The fourth-order valence-corrected chi connectivity index (χ4v) is 3.14. The Morgan fingerprint density at radius 2 is 2.08 bits per heavy atom. The van der Waals surface area contributed by atoms with Gasteiger partial charge in [-0.15, -0.1) is 0 Å². The van der Waals surface area contributed by atoms with Gasteiger partial charge in [-0.25, -0.2) is 9.37 Å². The van der Waals surface area contributed by atoms with Crippen molar-refractivity contribution in [1.82, 2.24) is 9.55 Å². The molecule has 6 nitrogen and oxygen atoms in total. The number of aliphatic hydroxyl groups is 1. The molecule has 3 rings (SSSR count). The molecule has 2 aromatic rings. The van der Waals surface area contributed by atoms with Gasteiger partial charge in [-0.1, -0.05) is 11.6 Å². The van der Waals surface area contributed by atoms with Crippen molar-refractivity contribution >= 4 is 18.1 Å². The van der Waals surface area contributed by atoms with Crippen molar-refractivity contribution in [2.75, 3.05) is 19.8 Å². The van der Waals surface area contributed by atoms with Crippen LogP contribution in [0.5, 0.6) is 0 Å². The molecule has 0 radical (unpaired) electrons. The molecular formula is C17H20ClFN2O4. The molecule has 0 aliphatic carbocycles. The molecule has 2 heterocycles. The number of hydrogen-bond acceptors (Lipinski definition) is 4. The zero-order valence-corrected chi connectivity index (χ0v) is 14.3. The Kier molecular flexibility index (Phi) is 6.92. The average Bonchev–Trinajstić information content (AvgIpc) is 3.04. The predicted molar refractivity (Wildman–Crippen MR) is 90.9 cm³/mol. The molecule has 1 fully saturated rings. The van der Waals surface area contributed by atoms with E-state index in [1.165, 1.54) is 12.1 Å². The maximum Gasteiger partial charge on any atom is 0.290 e. The first-order chi connectivity index (χ1) is 12.0. The summed E-state index contributed by atoms with van der Waals surface area (Å²) in [6, 6.07) is 4.29. The first kappa shape index (κ1) is 19.4. The summed E-state index contributed by atoms with van der Waals surface area (Å²) in [6.07, 6.45) is 5.16. The monoisotopic (exact) mass is 370 g/mol. The summed E-state index contributed by atoms with van der Waals surface area (Å²) in [4.78, 5) is 12.7. The Balaban J connectivity index is 0.000000701. The summed E-state index contributed by atoms with van der Waals surface area (Å²) in [7, 11) is 0. The topological polar surface area (TPSA) is 84.6 Å². The van der Waals surface area contributed by atoms with E-state index in [1.807, 2.05) is 10.8 Å². The van der Waals surface area contributed by atoms with Crippen LogP contribution in [0.1, 0.15) is 12.8 Å². The van der Waals surface area contributed by atoms with Crippen molar-refractivity contribution in [3.05, 3.63) is 41.4 Å². The number of carbonyl (C=O) groups is 1. The molecule has 1 aliphatic rings. The quantitative estimate of drug-likeness (QED) is 0.808. The number of aliphatic hydroxyl groups excluding tert-OH is 1. The minimum absolute atomic E-state index is 0.102. The van der Waals surface area contributed by atoms with E-state index in [9.17, 15) is 9.50 Å². The van der Waals surface area contributed by atoms with Crippen LogP contribution in [0.25, 0.3) is 11.4 Å². The number of halogens is 2. The lowest BCUT2D eigenvalue weighted by Gasteiger charge is -2.36. The summed E-state index contributed by atoms with van der Waals surface area (Å²) >= 11 is 6.14. The molecule has 0 unspecified atom stereocenters. The van der Waals surface area contributed by atoms with Gasteiger partial charge in [0.05, 0.1) is 11.6 Å². The predicted octanol–water partition coefficient (Wildman–Crippen LogP) is 2.83. The molecule has 1 aliphatic heterocycles. The van der Waals surface area contributed by atoms with Gasteiger partial charge in [0, 0.05) is 43.1 Å². The largest absolute Gasteiger partial charge is 0.483 e. The lowest BCUT2D eigenvalue weighted by atomic mass is 9.81. The van der Waals surface area contributed by atoms with Crippen molar-refractivity contribution in [3.63, 3.8) is 0 Å². The van der Waals surface area contributed by atoms with Crippen LogP contribution in [0.2, 0.25) is 5.02 Å². The minimum Gasteiger partial charge on any atom is -0.483 e. The van der Waals surface area contributed by atoms with Crippen LogP contribution in [0.3, 0.4) is 0 Å². The minimum atomic E-state index is -0.372. The third-order valence-corrected chi connectivity index (χ3v) is 4.59. The molecule has 0 saturated carbocycles. The summed E-state index contributed by atoms with van der Waals surface area (Å²) in [5.41, 5.74) is 0.480. The number of nitrogens with zero attached hydrogens (tertiary/aromatic N) is 2. The zero-order valence-electron chi connectivity index (χ0n) is 13.6. The normalized spacial score (nSPS) is 16.0. The summed E-state index contributed by atoms with van der Waals surface area (Å²) in [6.45, 7) is 1.80. The van der Waals surface area contributed by atoms with Crippen LogP contribution in [0, 0.1) is 11.2 Å². The van der Waals surface area contributed by atoms with E-state index in [4.69, 9.17) is 26.2 Å². The van der Waals surface area contributed by atoms with Gasteiger partial charge in [0.25, 0.3) is 6.47 Å². The Morgan fingerprint density at radius 1 is 1.40 bits per heavy atom. The van der Waals surface area contributed by atoms with Gasteiger partial charge in [0.1, 0.15) is 11.6 Å². The maximum atomic E-state index is 13.2. The molecule has 2 N–H and O–H groups in total. The fourth-order valence-electron chi connectivity index (χ4n) is 2.88. The van der Waals surface area contributed by atoms with Crippen LogP contribution in [0.4, 0.5) is 4.39 Å². The Hall–Kier alpha value is -1.96. The first-order valence-corrected chi connectivity index (χ1v) is 8.16. The molecule has 0 bridgehead atoms. The van der Waals surface area contributed by atoms with Crippen LogP contribution in [-0.4, -0.2) is 46.1 Å². The van der Waals surface area contributed by atoms with Crippen molar-refractivity contribution in [2.45, 2.75) is 19.4 Å². The first-order valence-electron chi connectivity index (χ1n) is 7.78. The van der Waals surface area contributed by atoms with Crippen molar-refractivity contribution in [3.8, 4) is 11.4 Å². The van der Waals surface area contributed by atoms with Gasteiger partial charge in [-0.2, -0.15) is 0 Å². The lowest BCUT2D eigenvalue weighted by Crippen LogP contribution is -2.37. The zero-order chi connectivity index (χ0) is 18.3. The summed E-state index contributed by atoms with van der Waals surface area (Å²) in [5.74, 6) is 0.312. The van der Waals surface area contributed by atoms with Gasteiger partial charge in [0.2, 0.25) is 0 Å². The van der Waals surface area contributed by atoms with Gasteiger partial charge in [0.15, 0.2) is 0 Å². The molecule has 1 aromatic heterocycles. The molecule has 1 saturated heterocycles. The van der Waals surface area contributed by atoms with Gasteiger partial charge in [-0.3, -0.25) is 4.79 Å². The van der Waals surface area contributed by atoms with Gasteiger partial charge < -0.3 is 19.5 Å². The van der Waals surface area contributed by atoms with Crippen molar-refractivity contribution < 1.29 is 24.1 Å². The molecule has 8 heteroatoms. The number of rotatable bonds is 4. The second kappa shape index (κ2) is 8.94. The highest BCUT2D eigenvalue weighted by atomic mass is 35.5. The molecule has 25 heavy (non-hydrogen) atoms. The highest BCUT2D eigenvalue weighted by molar-refractivity contribution is 6.33. The number of benzene rings is 1. The van der Waals surface area contributed by atoms with Gasteiger partial charge >= 0.3 is 0 Å². The molecule has 0 atom stereocenters. The number of imidazole rings is 1. The number of aromatic nitrogens is 2. The lowest BCUT2D eigenvalue weighted by molar-refractivity contribution is -0.122. The maximum absolute atomic E-state index is 13.2. The molecule has 0 spiro atoms. The van der Waals surface area contributed by atoms with Crippen LogP contribution in [0.15, 0.2) is 30.6 Å². The SMILES string of the molecule is O=CO.OCC1(Cn2ccnc2-c2ccc(F)cc2Cl)CCOCC1. The van der Waals surface area contributed by atoms with Crippen molar-refractivity contribution in [2.24, 2.45) is 5.41 Å².